The van der Waals surface area contributed by atoms with Gasteiger partial charge in [-0.2, -0.15) is 0 Å². The normalized spacial score (nSPS) is 10.9. The predicted octanol–water partition coefficient (Wildman–Crippen LogP) is 5.57. The number of hydrogen-bond donors (Lipinski definition) is 0. The summed E-state index contributed by atoms with van der Waals surface area (Å²) in [6.45, 7) is 0. The number of nitrogens with zero attached hydrogens (tertiary/aromatic N) is 4. The number of halogens is 1. The summed E-state index contributed by atoms with van der Waals surface area (Å²) in [6.07, 6.45) is 0. The molecule has 0 saturated carbocycles. The number of thioether (sulfide) groups is 1. The molecule has 0 aliphatic heterocycles. The van der Waals surface area contributed by atoms with Crippen LogP contribution in [0.5, 0.6) is 11.5 Å². The maximum Gasteiger partial charge on any atom is 0.191 e. The second kappa shape index (κ2) is 9.07. The Labute approximate surface area is 187 Å². The first-order valence-electron chi connectivity index (χ1n) is 9.04. The van der Waals surface area contributed by atoms with Gasteiger partial charge in [0.2, 0.25) is 0 Å². The van der Waals surface area contributed by atoms with Crippen LogP contribution in [0.2, 0.25) is 5.02 Å². The number of ether oxygens (including phenoxy) is 2. The highest BCUT2D eigenvalue weighted by molar-refractivity contribution is 7.98. The molecule has 9 heteroatoms. The molecule has 0 radical (unpaired) electrons. The Hall–Kier alpha value is -2.55. The molecule has 2 heterocycles. The Kier molecular flexibility index (Phi) is 6.26. The number of aromatic nitrogens is 4. The Morgan fingerprint density at radius 1 is 1.07 bits per heavy atom. The van der Waals surface area contributed by atoms with Gasteiger partial charge in [-0.3, -0.25) is 0 Å². The minimum atomic E-state index is 0.656. The molecular weight excluding hydrogens is 440 g/mol. The summed E-state index contributed by atoms with van der Waals surface area (Å²) in [4.78, 5) is 4.76. The van der Waals surface area contributed by atoms with Crippen molar-refractivity contribution in [2.24, 2.45) is 7.05 Å². The number of thiazole rings is 1. The summed E-state index contributed by atoms with van der Waals surface area (Å²) in [7, 11) is 5.19. The lowest BCUT2D eigenvalue weighted by atomic mass is 10.2. The molecule has 0 bridgehead atoms. The molecule has 2 aromatic carbocycles. The highest BCUT2D eigenvalue weighted by atomic mass is 35.5. The van der Waals surface area contributed by atoms with Crippen LogP contribution in [0.1, 0.15) is 5.69 Å². The summed E-state index contributed by atoms with van der Waals surface area (Å²) >= 11 is 9.49. The van der Waals surface area contributed by atoms with E-state index in [-0.39, 0.29) is 0 Å². The Balaban J connectivity index is 1.49. The van der Waals surface area contributed by atoms with Crippen molar-refractivity contribution in [3.8, 4) is 33.5 Å². The SMILES string of the molecule is COc1ccc(-c2nc(CSc3nnc(-c4ccccc4Cl)n3C)cs2)cc1OC. The van der Waals surface area contributed by atoms with Crippen LogP contribution < -0.4 is 9.47 Å². The zero-order chi connectivity index (χ0) is 21.1. The Morgan fingerprint density at radius 3 is 2.63 bits per heavy atom. The summed E-state index contributed by atoms with van der Waals surface area (Å²) in [5, 5.41) is 13.1. The van der Waals surface area contributed by atoms with E-state index in [4.69, 9.17) is 26.1 Å². The van der Waals surface area contributed by atoms with E-state index in [9.17, 15) is 0 Å². The first-order chi connectivity index (χ1) is 14.6. The molecule has 30 heavy (non-hydrogen) atoms. The number of benzene rings is 2. The van der Waals surface area contributed by atoms with Crippen LogP contribution in [-0.4, -0.2) is 34.0 Å². The van der Waals surface area contributed by atoms with Crippen LogP contribution in [0.15, 0.2) is 53.0 Å². The maximum absolute atomic E-state index is 6.30. The predicted molar refractivity (Wildman–Crippen MR) is 122 cm³/mol. The van der Waals surface area contributed by atoms with Gasteiger partial charge in [0.05, 0.1) is 24.9 Å². The molecule has 0 atom stereocenters. The van der Waals surface area contributed by atoms with Gasteiger partial charge in [0.15, 0.2) is 22.5 Å². The van der Waals surface area contributed by atoms with Gasteiger partial charge in [-0.25, -0.2) is 4.98 Å². The van der Waals surface area contributed by atoms with Crippen molar-refractivity contribution in [2.75, 3.05) is 14.2 Å². The first kappa shape index (κ1) is 20.7. The van der Waals surface area contributed by atoms with E-state index in [0.717, 1.165) is 32.8 Å². The van der Waals surface area contributed by atoms with Crippen molar-refractivity contribution in [3.63, 3.8) is 0 Å². The van der Waals surface area contributed by atoms with E-state index in [2.05, 4.69) is 15.6 Å². The summed E-state index contributed by atoms with van der Waals surface area (Å²) < 4.78 is 12.6. The first-order valence-corrected chi connectivity index (χ1v) is 11.3. The zero-order valence-electron chi connectivity index (χ0n) is 16.6. The van der Waals surface area contributed by atoms with E-state index >= 15 is 0 Å². The van der Waals surface area contributed by atoms with E-state index < -0.39 is 0 Å². The quantitative estimate of drug-likeness (QED) is 0.337. The van der Waals surface area contributed by atoms with Crippen LogP contribution in [0.3, 0.4) is 0 Å². The van der Waals surface area contributed by atoms with E-state index in [1.54, 1.807) is 37.3 Å². The van der Waals surface area contributed by atoms with Crippen molar-refractivity contribution in [2.45, 2.75) is 10.9 Å². The lowest BCUT2D eigenvalue weighted by molar-refractivity contribution is 0.355. The molecule has 0 N–H and O–H groups in total. The van der Waals surface area contributed by atoms with Crippen LogP contribution in [0.4, 0.5) is 0 Å². The molecular formula is C21H19ClN4O2S2. The maximum atomic E-state index is 6.30. The molecule has 0 aliphatic carbocycles. The van der Waals surface area contributed by atoms with Gasteiger partial charge in [0.25, 0.3) is 0 Å². The molecule has 0 saturated heterocycles. The summed E-state index contributed by atoms with van der Waals surface area (Å²) in [6, 6.07) is 13.4. The van der Waals surface area contributed by atoms with E-state index in [1.165, 1.54) is 0 Å². The van der Waals surface area contributed by atoms with Gasteiger partial charge < -0.3 is 14.0 Å². The number of methoxy groups -OCH3 is 2. The lowest BCUT2D eigenvalue weighted by Gasteiger charge is -2.08. The topological polar surface area (TPSA) is 62.1 Å². The van der Waals surface area contributed by atoms with Crippen molar-refractivity contribution in [1.82, 2.24) is 19.7 Å². The van der Waals surface area contributed by atoms with Gasteiger partial charge in [0, 0.05) is 29.3 Å². The van der Waals surface area contributed by atoms with E-state index in [1.807, 2.05) is 54.1 Å². The van der Waals surface area contributed by atoms with Crippen molar-refractivity contribution >= 4 is 34.7 Å². The average Bonchev–Trinajstić information content (AvgIpc) is 3.39. The third kappa shape index (κ3) is 4.16. The molecule has 0 aliphatic rings. The van der Waals surface area contributed by atoms with Crippen LogP contribution in [0.25, 0.3) is 22.0 Å². The molecule has 2 aromatic heterocycles. The summed E-state index contributed by atoms with van der Waals surface area (Å²) in [5.41, 5.74) is 2.84. The molecule has 4 rings (SSSR count). The molecule has 0 fully saturated rings. The summed E-state index contributed by atoms with van der Waals surface area (Å²) in [5.74, 6) is 2.82. The minimum absolute atomic E-state index is 0.656. The van der Waals surface area contributed by atoms with E-state index in [0.29, 0.717) is 22.3 Å². The lowest BCUT2D eigenvalue weighted by Crippen LogP contribution is -1.95. The Morgan fingerprint density at radius 2 is 1.87 bits per heavy atom. The molecule has 0 spiro atoms. The van der Waals surface area contributed by atoms with Crippen molar-refractivity contribution in [3.05, 3.63) is 58.6 Å². The number of hydrogen-bond acceptors (Lipinski definition) is 7. The second-order valence-corrected chi connectivity index (χ2v) is 8.56. The molecule has 4 aromatic rings. The highest BCUT2D eigenvalue weighted by Crippen LogP contribution is 2.35. The van der Waals surface area contributed by atoms with Gasteiger partial charge in [-0.15, -0.1) is 21.5 Å². The van der Waals surface area contributed by atoms with Gasteiger partial charge in [0.1, 0.15) is 5.01 Å². The number of rotatable bonds is 7. The largest absolute Gasteiger partial charge is 0.493 e. The highest BCUT2D eigenvalue weighted by Gasteiger charge is 2.15. The van der Waals surface area contributed by atoms with Crippen molar-refractivity contribution in [1.29, 1.82) is 0 Å². The fraction of sp³-hybridized carbons (Fsp3) is 0.190. The third-order valence-corrected chi connectivity index (χ3v) is 6.80. The van der Waals surface area contributed by atoms with Crippen LogP contribution in [-0.2, 0) is 12.8 Å². The molecule has 0 unspecified atom stereocenters. The zero-order valence-corrected chi connectivity index (χ0v) is 19.0. The molecule has 154 valence electrons. The second-order valence-electron chi connectivity index (χ2n) is 6.35. The van der Waals surface area contributed by atoms with Crippen molar-refractivity contribution < 1.29 is 9.47 Å². The van der Waals surface area contributed by atoms with Crippen LogP contribution in [0, 0.1) is 0 Å². The van der Waals surface area contributed by atoms with Gasteiger partial charge in [-0.1, -0.05) is 35.5 Å². The fourth-order valence-electron chi connectivity index (χ4n) is 2.93. The fourth-order valence-corrected chi connectivity index (χ4v) is 4.88. The molecule has 0 amide bonds. The molecule has 6 nitrogen and oxygen atoms in total. The Bertz CT molecular complexity index is 1180. The monoisotopic (exact) mass is 458 g/mol. The minimum Gasteiger partial charge on any atom is -0.493 e. The van der Waals surface area contributed by atoms with Gasteiger partial charge >= 0.3 is 0 Å². The third-order valence-electron chi connectivity index (χ3n) is 4.48. The smallest absolute Gasteiger partial charge is 0.191 e. The average molecular weight is 459 g/mol. The van der Waals surface area contributed by atoms with Crippen LogP contribution >= 0.6 is 34.7 Å². The standard InChI is InChI=1S/C21H19ClN4O2S2/c1-26-19(15-6-4-5-7-16(15)22)24-25-21(26)30-12-14-11-29-20(23-14)13-8-9-17(27-2)18(10-13)28-3/h4-11H,12H2,1-3H3. The van der Waals surface area contributed by atoms with Gasteiger partial charge in [-0.05, 0) is 30.3 Å².